The molecule has 1 aromatic heterocycles. The zero-order valence-electron chi connectivity index (χ0n) is 11.4. The van der Waals surface area contributed by atoms with Crippen molar-refractivity contribution in [2.45, 2.75) is 32.0 Å². The van der Waals surface area contributed by atoms with Gasteiger partial charge in [-0.3, -0.25) is 4.98 Å². The predicted molar refractivity (Wildman–Crippen MR) is 79.9 cm³/mol. The minimum atomic E-state index is 0.321. The molecule has 0 saturated carbocycles. The number of hydrogen-bond acceptors (Lipinski definition) is 2. The first kappa shape index (κ1) is 10.8. The van der Waals surface area contributed by atoms with E-state index in [1.807, 2.05) is 0 Å². The first-order valence-electron chi connectivity index (χ1n) is 7.29. The highest BCUT2D eigenvalue weighted by Crippen LogP contribution is 2.49. The molecule has 2 unspecified atom stereocenters. The van der Waals surface area contributed by atoms with Gasteiger partial charge >= 0.3 is 0 Å². The molecule has 5 rings (SSSR count). The maximum Gasteiger partial charge on any atom is 0.111 e. The Morgan fingerprint density at radius 1 is 1.10 bits per heavy atom. The minimum absolute atomic E-state index is 0.321. The molecule has 1 aliphatic heterocycles. The second-order valence-electron chi connectivity index (χ2n) is 5.91. The van der Waals surface area contributed by atoms with Crippen molar-refractivity contribution in [3.8, 4) is 0 Å². The summed E-state index contributed by atoms with van der Waals surface area (Å²) in [5.41, 5.74) is 5.13. The van der Waals surface area contributed by atoms with Crippen LogP contribution in [0.2, 0.25) is 0 Å². The van der Waals surface area contributed by atoms with Gasteiger partial charge in [-0.05, 0) is 30.7 Å². The van der Waals surface area contributed by atoms with Gasteiger partial charge in [-0.25, -0.2) is 0 Å². The summed E-state index contributed by atoms with van der Waals surface area (Å²) in [6, 6.07) is 12.9. The summed E-state index contributed by atoms with van der Waals surface area (Å²) >= 11 is 0. The van der Waals surface area contributed by atoms with Gasteiger partial charge < -0.3 is 4.74 Å². The summed E-state index contributed by atoms with van der Waals surface area (Å²) < 4.78 is 5.78. The molecule has 98 valence electrons. The third-order valence-corrected chi connectivity index (χ3v) is 4.80. The van der Waals surface area contributed by atoms with Crippen molar-refractivity contribution in [1.82, 2.24) is 4.98 Å². The number of nitrogens with zero attached hydrogens (tertiary/aromatic N) is 1. The maximum atomic E-state index is 5.78. The van der Waals surface area contributed by atoms with E-state index in [-0.39, 0.29) is 0 Å². The summed E-state index contributed by atoms with van der Waals surface area (Å²) in [6.45, 7) is 2.22. The Balaban J connectivity index is 1.94. The van der Waals surface area contributed by atoms with E-state index in [1.54, 1.807) is 0 Å². The molecule has 0 spiro atoms. The largest absolute Gasteiger partial charge is 0.364 e. The number of rotatable bonds is 0. The number of aromatic nitrogens is 1. The molecule has 2 heterocycles. The molecule has 2 nitrogen and oxygen atoms in total. The number of ether oxygens (including phenoxy) is 1. The molecule has 0 N–H and O–H groups in total. The van der Waals surface area contributed by atoms with Crippen molar-refractivity contribution in [2.24, 2.45) is 0 Å². The standard InChI is InChI=1S/C18H15NO/c1-10-12-7-6-11-4-2-3-5-13(11)17(12)19-14-8-9-15-18(20-15)16(10)14/h2-7,15,18H,8-9H2,1H3. The van der Waals surface area contributed by atoms with E-state index in [1.165, 1.54) is 33.0 Å². The number of benzene rings is 2. The van der Waals surface area contributed by atoms with Crippen molar-refractivity contribution in [1.29, 1.82) is 0 Å². The molecule has 3 aromatic rings. The molecular formula is C18H15NO. The predicted octanol–water partition coefficient (Wildman–Crippen LogP) is 4.08. The smallest absolute Gasteiger partial charge is 0.111 e. The molecule has 20 heavy (non-hydrogen) atoms. The van der Waals surface area contributed by atoms with Gasteiger partial charge in [0.05, 0.1) is 11.6 Å². The number of hydrogen-bond donors (Lipinski definition) is 0. The van der Waals surface area contributed by atoms with Gasteiger partial charge in [-0.15, -0.1) is 0 Å². The quantitative estimate of drug-likeness (QED) is 0.450. The summed E-state index contributed by atoms with van der Waals surface area (Å²) in [7, 11) is 0. The Labute approximate surface area is 117 Å². The Hall–Kier alpha value is -1.93. The van der Waals surface area contributed by atoms with Gasteiger partial charge in [0.1, 0.15) is 6.10 Å². The lowest BCUT2D eigenvalue weighted by Crippen LogP contribution is -2.09. The lowest BCUT2D eigenvalue weighted by atomic mass is 9.90. The number of pyridine rings is 1. The van der Waals surface area contributed by atoms with Crippen LogP contribution in [0.25, 0.3) is 21.7 Å². The van der Waals surface area contributed by atoms with Gasteiger partial charge in [-0.1, -0.05) is 36.4 Å². The third kappa shape index (κ3) is 1.30. The van der Waals surface area contributed by atoms with E-state index in [0.29, 0.717) is 12.2 Å². The highest BCUT2D eigenvalue weighted by molar-refractivity contribution is 6.06. The van der Waals surface area contributed by atoms with Crippen molar-refractivity contribution in [3.05, 3.63) is 53.2 Å². The highest BCUT2D eigenvalue weighted by Gasteiger charge is 2.45. The van der Waals surface area contributed by atoms with Gasteiger partial charge in [0.25, 0.3) is 0 Å². The van der Waals surface area contributed by atoms with Crippen LogP contribution in [0, 0.1) is 6.92 Å². The number of fused-ring (bicyclic) bond motifs is 6. The van der Waals surface area contributed by atoms with E-state index in [2.05, 4.69) is 43.3 Å². The summed E-state index contributed by atoms with van der Waals surface area (Å²) in [4.78, 5) is 5.00. The molecule has 2 atom stereocenters. The molecule has 1 saturated heterocycles. The molecule has 2 aromatic carbocycles. The molecule has 0 radical (unpaired) electrons. The molecule has 0 bridgehead atoms. The van der Waals surface area contributed by atoms with E-state index < -0.39 is 0 Å². The first-order chi connectivity index (χ1) is 9.83. The van der Waals surface area contributed by atoms with E-state index in [0.717, 1.165) is 18.4 Å². The SMILES string of the molecule is Cc1c2c(nc3c1ccc1ccccc13)CCC1OC21. The van der Waals surface area contributed by atoms with Crippen molar-refractivity contribution < 1.29 is 4.74 Å². The van der Waals surface area contributed by atoms with E-state index in [9.17, 15) is 0 Å². The summed E-state index contributed by atoms with van der Waals surface area (Å²) in [6.07, 6.45) is 2.96. The summed E-state index contributed by atoms with van der Waals surface area (Å²) in [5, 5.41) is 3.80. The van der Waals surface area contributed by atoms with Crippen molar-refractivity contribution >= 4 is 21.7 Å². The van der Waals surface area contributed by atoms with Crippen LogP contribution < -0.4 is 0 Å². The highest BCUT2D eigenvalue weighted by atomic mass is 16.6. The first-order valence-corrected chi connectivity index (χ1v) is 7.29. The molecule has 1 fully saturated rings. The van der Waals surface area contributed by atoms with Crippen LogP contribution in [-0.2, 0) is 11.2 Å². The molecule has 0 amide bonds. The number of epoxide rings is 1. The van der Waals surface area contributed by atoms with Gasteiger partial charge in [0.15, 0.2) is 0 Å². The maximum absolute atomic E-state index is 5.78. The number of aryl methyl sites for hydroxylation is 2. The van der Waals surface area contributed by atoms with Crippen LogP contribution in [-0.4, -0.2) is 11.1 Å². The normalized spacial score (nSPS) is 23.6. The topological polar surface area (TPSA) is 25.4 Å². The lowest BCUT2D eigenvalue weighted by Gasteiger charge is -2.17. The average Bonchev–Trinajstić information content (AvgIpc) is 3.26. The molecule has 2 heteroatoms. The summed E-state index contributed by atoms with van der Waals surface area (Å²) in [5.74, 6) is 0. The fourth-order valence-electron chi connectivity index (χ4n) is 3.70. The Morgan fingerprint density at radius 3 is 2.95 bits per heavy atom. The van der Waals surface area contributed by atoms with Crippen LogP contribution in [0.5, 0.6) is 0 Å². The zero-order chi connectivity index (χ0) is 13.3. The lowest BCUT2D eigenvalue weighted by molar-refractivity contribution is 0.372. The van der Waals surface area contributed by atoms with Crippen LogP contribution in [0.3, 0.4) is 0 Å². The van der Waals surface area contributed by atoms with Gasteiger partial charge in [-0.2, -0.15) is 0 Å². The van der Waals surface area contributed by atoms with Crippen molar-refractivity contribution in [3.63, 3.8) is 0 Å². The van der Waals surface area contributed by atoms with Crippen LogP contribution in [0.4, 0.5) is 0 Å². The van der Waals surface area contributed by atoms with Gasteiger partial charge in [0, 0.05) is 22.0 Å². The van der Waals surface area contributed by atoms with E-state index in [4.69, 9.17) is 9.72 Å². The van der Waals surface area contributed by atoms with Gasteiger partial charge in [0.2, 0.25) is 0 Å². The monoisotopic (exact) mass is 261 g/mol. The second kappa shape index (κ2) is 3.58. The van der Waals surface area contributed by atoms with Crippen LogP contribution in [0.15, 0.2) is 36.4 Å². The fraction of sp³-hybridized carbons (Fsp3) is 0.278. The van der Waals surface area contributed by atoms with Crippen molar-refractivity contribution in [2.75, 3.05) is 0 Å². The molecular weight excluding hydrogens is 246 g/mol. The van der Waals surface area contributed by atoms with E-state index >= 15 is 0 Å². The molecule has 2 aliphatic rings. The fourth-order valence-corrected chi connectivity index (χ4v) is 3.70. The van der Waals surface area contributed by atoms with Crippen LogP contribution >= 0.6 is 0 Å². The Kier molecular flexibility index (Phi) is 1.94. The Bertz CT molecular complexity index is 868. The van der Waals surface area contributed by atoms with Crippen LogP contribution in [0.1, 0.15) is 29.3 Å². The minimum Gasteiger partial charge on any atom is -0.364 e. The Morgan fingerprint density at radius 2 is 2.00 bits per heavy atom. The second-order valence-corrected chi connectivity index (χ2v) is 5.91. The third-order valence-electron chi connectivity index (χ3n) is 4.80. The zero-order valence-corrected chi connectivity index (χ0v) is 11.4. The average molecular weight is 261 g/mol. The molecule has 1 aliphatic carbocycles.